The number of amides is 1. The first-order chi connectivity index (χ1) is 15.3. The van der Waals surface area contributed by atoms with Crippen LogP contribution < -0.4 is 10.5 Å². The van der Waals surface area contributed by atoms with Crippen LogP contribution in [0.25, 0.3) is 21.9 Å². The molecular formula is C21H17F3N6O2. The van der Waals surface area contributed by atoms with Gasteiger partial charge in [-0.25, -0.2) is 23.6 Å². The number of carbonyl (C=O) groups is 1. The number of imidazole rings is 1. The van der Waals surface area contributed by atoms with Gasteiger partial charge in [0.2, 0.25) is 17.5 Å². The molecule has 1 saturated heterocycles. The lowest BCUT2D eigenvalue weighted by atomic mass is 10.2. The number of hydrogen-bond acceptors (Lipinski definition) is 5. The van der Waals surface area contributed by atoms with Crippen LogP contribution in [0.2, 0.25) is 0 Å². The number of aromatic nitrogens is 3. The molecule has 1 aliphatic heterocycles. The Kier molecular flexibility index (Phi) is 5.54. The Balaban J connectivity index is 1.89. The molecule has 1 fully saturated rings. The number of methoxy groups -OCH3 is 1. The lowest BCUT2D eigenvalue weighted by molar-refractivity contribution is 0.0780. The molecular weight excluding hydrogens is 425 g/mol. The minimum atomic E-state index is -1.06. The fourth-order valence-electron chi connectivity index (χ4n) is 3.51. The zero-order valence-corrected chi connectivity index (χ0v) is 16.8. The predicted octanol–water partition coefficient (Wildman–Crippen LogP) is 3.08. The summed E-state index contributed by atoms with van der Waals surface area (Å²) in [5.41, 5.74) is 5.10. The third-order valence-corrected chi connectivity index (χ3v) is 5.11. The number of ether oxygens (including phenoxy) is 1. The average Bonchev–Trinajstić information content (AvgIpc) is 3.36. The number of benzene rings is 1. The Labute approximate surface area is 180 Å². The minimum absolute atomic E-state index is 0.0854. The van der Waals surface area contributed by atoms with Crippen molar-refractivity contribution in [3.8, 4) is 23.0 Å². The van der Waals surface area contributed by atoms with Gasteiger partial charge < -0.3 is 15.4 Å². The molecule has 8 nitrogen and oxygen atoms in total. The standard InChI is InChI=1S/C21H17F3N6O2/c1-26-16-4-3-11(7-14(16)22)19-28-17(21(31)29-6-5-12(25)10-29)18(24)30(19)13-8-15(23)20(32-2)27-9-13/h3-4,7-9,12H,5-6,10,25H2,2H3/t12-/m0/s1. The van der Waals surface area contributed by atoms with Gasteiger partial charge in [0.05, 0.1) is 25.6 Å². The highest BCUT2D eigenvalue weighted by molar-refractivity contribution is 5.93. The van der Waals surface area contributed by atoms with E-state index in [1.807, 2.05) is 0 Å². The number of nitrogens with two attached hydrogens (primary N) is 1. The Morgan fingerprint density at radius 3 is 2.66 bits per heavy atom. The summed E-state index contributed by atoms with van der Waals surface area (Å²) in [5.74, 6) is -3.91. The van der Waals surface area contributed by atoms with E-state index in [0.717, 1.165) is 22.9 Å². The first-order valence-corrected chi connectivity index (χ1v) is 9.54. The molecule has 1 atom stereocenters. The molecule has 0 radical (unpaired) electrons. The van der Waals surface area contributed by atoms with Crippen LogP contribution in [0, 0.1) is 24.2 Å². The van der Waals surface area contributed by atoms with E-state index in [1.165, 1.54) is 24.1 Å². The molecule has 0 spiro atoms. The van der Waals surface area contributed by atoms with Gasteiger partial charge in [-0.15, -0.1) is 0 Å². The number of carbonyl (C=O) groups excluding carboxylic acids is 1. The van der Waals surface area contributed by atoms with E-state index in [2.05, 4.69) is 14.8 Å². The van der Waals surface area contributed by atoms with E-state index in [9.17, 15) is 13.6 Å². The van der Waals surface area contributed by atoms with Gasteiger partial charge in [0.25, 0.3) is 5.91 Å². The van der Waals surface area contributed by atoms with E-state index in [4.69, 9.17) is 17.0 Å². The van der Waals surface area contributed by atoms with Crippen molar-refractivity contribution in [2.75, 3.05) is 20.2 Å². The van der Waals surface area contributed by atoms with Gasteiger partial charge >= 0.3 is 0 Å². The lowest BCUT2D eigenvalue weighted by Crippen LogP contribution is -2.32. The molecule has 2 aromatic heterocycles. The van der Waals surface area contributed by atoms with Gasteiger partial charge in [0.1, 0.15) is 11.6 Å². The molecule has 0 unspecified atom stereocenters. The lowest BCUT2D eigenvalue weighted by Gasteiger charge is -2.14. The summed E-state index contributed by atoms with van der Waals surface area (Å²) < 4.78 is 49.7. The fourth-order valence-corrected chi connectivity index (χ4v) is 3.51. The van der Waals surface area contributed by atoms with E-state index < -0.39 is 29.2 Å². The molecule has 1 amide bonds. The topological polar surface area (TPSA) is 90.6 Å². The third-order valence-electron chi connectivity index (χ3n) is 5.11. The second-order valence-corrected chi connectivity index (χ2v) is 7.17. The van der Waals surface area contributed by atoms with Crippen LogP contribution in [0.1, 0.15) is 16.9 Å². The molecule has 164 valence electrons. The smallest absolute Gasteiger partial charge is 0.277 e. The Hall–Kier alpha value is -3.91. The number of nitrogens with zero attached hydrogens (tertiary/aromatic N) is 5. The van der Waals surface area contributed by atoms with Crippen LogP contribution in [0.4, 0.5) is 18.9 Å². The summed E-state index contributed by atoms with van der Waals surface area (Å²) >= 11 is 0. The Morgan fingerprint density at radius 2 is 2.06 bits per heavy atom. The van der Waals surface area contributed by atoms with Crippen LogP contribution >= 0.6 is 0 Å². The normalized spacial score (nSPS) is 15.6. The van der Waals surface area contributed by atoms with Crippen LogP contribution in [-0.2, 0) is 0 Å². The van der Waals surface area contributed by atoms with Crippen molar-refractivity contribution in [1.29, 1.82) is 0 Å². The van der Waals surface area contributed by atoms with Gasteiger partial charge in [-0.2, -0.15) is 4.39 Å². The molecule has 2 N–H and O–H groups in total. The average molecular weight is 442 g/mol. The van der Waals surface area contributed by atoms with E-state index in [0.29, 0.717) is 13.0 Å². The summed E-state index contributed by atoms with van der Waals surface area (Å²) in [4.78, 5) is 25.3. The molecule has 3 heterocycles. The molecule has 3 aromatic rings. The number of pyridine rings is 1. The SMILES string of the molecule is [C-]#[N+]c1ccc(-c2nc(C(=O)N3CC[C@H](N)C3)c(F)n2-c2cnc(OC)c(F)c2)cc1F. The zero-order valence-electron chi connectivity index (χ0n) is 16.8. The zero-order chi connectivity index (χ0) is 23.0. The molecule has 0 bridgehead atoms. The maximum absolute atomic E-state index is 15.5. The van der Waals surface area contributed by atoms with Gasteiger partial charge in [0.15, 0.2) is 11.5 Å². The van der Waals surface area contributed by atoms with E-state index in [-0.39, 0.29) is 41.2 Å². The molecule has 4 rings (SSSR count). The molecule has 0 aliphatic carbocycles. The Morgan fingerprint density at radius 1 is 1.28 bits per heavy atom. The van der Waals surface area contributed by atoms with Crippen LogP contribution in [0.3, 0.4) is 0 Å². The van der Waals surface area contributed by atoms with Crippen LogP contribution in [0.5, 0.6) is 5.88 Å². The number of hydrogen-bond donors (Lipinski definition) is 1. The van der Waals surface area contributed by atoms with Crippen LogP contribution in [0.15, 0.2) is 30.5 Å². The fraction of sp³-hybridized carbons (Fsp3) is 0.238. The monoisotopic (exact) mass is 442 g/mol. The van der Waals surface area contributed by atoms with Crippen molar-refractivity contribution in [2.24, 2.45) is 5.73 Å². The van der Waals surface area contributed by atoms with Crippen LogP contribution in [-0.4, -0.2) is 51.6 Å². The van der Waals surface area contributed by atoms with E-state index in [1.54, 1.807) is 0 Å². The van der Waals surface area contributed by atoms with Gasteiger partial charge in [0, 0.05) is 30.8 Å². The van der Waals surface area contributed by atoms with E-state index >= 15 is 4.39 Å². The summed E-state index contributed by atoms with van der Waals surface area (Å²) in [6.07, 6.45) is 1.71. The number of rotatable bonds is 4. The molecule has 11 heteroatoms. The third kappa shape index (κ3) is 3.65. The highest BCUT2D eigenvalue weighted by atomic mass is 19.1. The van der Waals surface area contributed by atoms with Gasteiger partial charge in [-0.3, -0.25) is 9.36 Å². The van der Waals surface area contributed by atoms with Crippen molar-refractivity contribution in [3.63, 3.8) is 0 Å². The highest BCUT2D eigenvalue weighted by Crippen LogP contribution is 2.31. The van der Waals surface area contributed by atoms with Crippen molar-refractivity contribution >= 4 is 11.6 Å². The highest BCUT2D eigenvalue weighted by Gasteiger charge is 2.32. The summed E-state index contributed by atoms with van der Waals surface area (Å²) in [7, 11) is 1.23. The van der Waals surface area contributed by atoms with Gasteiger partial charge in [-0.1, -0.05) is 12.1 Å². The predicted molar refractivity (Wildman–Crippen MR) is 108 cm³/mol. The summed E-state index contributed by atoms with van der Waals surface area (Å²) in [5, 5.41) is 0. The maximum atomic E-state index is 15.5. The summed E-state index contributed by atoms with van der Waals surface area (Å²) in [6.45, 7) is 7.57. The van der Waals surface area contributed by atoms with Crippen molar-refractivity contribution in [1.82, 2.24) is 19.4 Å². The van der Waals surface area contributed by atoms with Crippen molar-refractivity contribution in [3.05, 3.63) is 65.2 Å². The minimum Gasteiger partial charge on any atom is -0.479 e. The quantitative estimate of drug-likeness (QED) is 0.627. The summed E-state index contributed by atoms with van der Waals surface area (Å²) in [6, 6.07) is 4.31. The van der Waals surface area contributed by atoms with Gasteiger partial charge in [-0.05, 0) is 12.5 Å². The largest absolute Gasteiger partial charge is 0.479 e. The Bertz CT molecular complexity index is 1250. The molecule has 1 aromatic carbocycles. The van der Waals surface area contributed by atoms with Crippen molar-refractivity contribution < 1.29 is 22.7 Å². The second kappa shape index (κ2) is 8.32. The molecule has 32 heavy (non-hydrogen) atoms. The molecule has 1 aliphatic rings. The number of likely N-dealkylation sites (tertiary alicyclic amines) is 1. The van der Waals surface area contributed by atoms with Crippen molar-refractivity contribution in [2.45, 2.75) is 12.5 Å². The maximum Gasteiger partial charge on any atom is 0.277 e. The number of halogens is 3. The second-order valence-electron chi connectivity index (χ2n) is 7.17. The molecule has 0 saturated carbocycles. The first-order valence-electron chi connectivity index (χ1n) is 9.54. The first kappa shape index (κ1) is 21.3.